The highest BCUT2D eigenvalue weighted by Crippen LogP contribution is 2.34. The molecular weight excluding hydrogens is 361 g/mol. The topological polar surface area (TPSA) is 21.3 Å². The second kappa shape index (κ2) is 6.81. The highest BCUT2D eigenvalue weighted by Gasteiger charge is 2.10. The van der Waals surface area contributed by atoms with Gasteiger partial charge in [0.1, 0.15) is 11.5 Å². The van der Waals surface area contributed by atoms with E-state index in [0.717, 1.165) is 4.47 Å². The summed E-state index contributed by atoms with van der Waals surface area (Å²) in [4.78, 5) is 0. The zero-order chi connectivity index (χ0) is 14.7. The van der Waals surface area contributed by atoms with E-state index in [-0.39, 0.29) is 6.04 Å². The first-order chi connectivity index (χ1) is 9.51. The van der Waals surface area contributed by atoms with Crippen molar-refractivity contribution in [3.8, 4) is 11.5 Å². The fourth-order valence-corrected chi connectivity index (χ4v) is 2.91. The molecule has 1 unspecified atom stereocenters. The predicted molar refractivity (Wildman–Crippen MR) is 88.2 cm³/mol. The summed E-state index contributed by atoms with van der Waals surface area (Å²) in [7, 11) is 1.93. The normalized spacial score (nSPS) is 12.2. The van der Waals surface area contributed by atoms with Crippen LogP contribution in [0.4, 0.5) is 0 Å². The third-order valence-electron chi connectivity index (χ3n) is 2.99. The Morgan fingerprint density at radius 1 is 1.15 bits per heavy atom. The quantitative estimate of drug-likeness (QED) is 0.726. The van der Waals surface area contributed by atoms with Gasteiger partial charge in [-0.2, -0.15) is 0 Å². The van der Waals surface area contributed by atoms with Gasteiger partial charge in [0.05, 0.1) is 5.02 Å². The van der Waals surface area contributed by atoms with Gasteiger partial charge in [0.25, 0.3) is 0 Å². The van der Waals surface area contributed by atoms with Gasteiger partial charge in [-0.3, -0.25) is 0 Å². The minimum absolute atomic E-state index is 0.262. The minimum Gasteiger partial charge on any atom is -0.456 e. The van der Waals surface area contributed by atoms with Gasteiger partial charge in [0.2, 0.25) is 0 Å². The summed E-state index contributed by atoms with van der Waals surface area (Å²) in [6.45, 7) is 2.09. The molecule has 2 nitrogen and oxygen atoms in total. The Hall–Kier alpha value is -0.740. The van der Waals surface area contributed by atoms with Crippen LogP contribution in [0.3, 0.4) is 0 Å². The molecule has 1 N–H and O–H groups in total. The Morgan fingerprint density at radius 3 is 2.50 bits per heavy atom. The number of halogens is 3. The van der Waals surface area contributed by atoms with E-state index in [1.165, 1.54) is 5.56 Å². The van der Waals surface area contributed by atoms with E-state index in [9.17, 15) is 0 Å². The lowest BCUT2D eigenvalue weighted by molar-refractivity contribution is 0.482. The Bertz CT molecular complexity index is 619. The molecule has 0 aliphatic carbocycles. The Kier molecular flexibility index (Phi) is 5.33. The van der Waals surface area contributed by atoms with Crippen molar-refractivity contribution in [1.82, 2.24) is 5.32 Å². The summed E-state index contributed by atoms with van der Waals surface area (Å²) >= 11 is 15.5. The molecule has 0 bridgehead atoms. The highest BCUT2D eigenvalue weighted by molar-refractivity contribution is 9.10. The molecule has 1 atom stereocenters. The molecule has 0 fully saturated rings. The summed E-state index contributed by atoms with van der Waals surface area (Å²) < 4.78 is 6.76. The number of rotatable bonds is 4. The van der Waals surface area contributed by atoms with Crippen LogP contribution in [0.25, 0.3) is 0 Å². The van der Waals surface area contributed by atoms with E-state index in [0.29, 0.717) is 21.5 Å². The fourth-order valence-electron chi connectivity index (χ4n) is 1.76. The Morgan fingerprint density at radius 2 is 1.90 bits per heavy atom. The lowest BCUT2D eigenvalue weighted by atomic mass is 10.1. The van der Waals surface area contributed by atoms with Crippen LogP contribution in [0.1, 0.15) is 18.5 Å². The number of hydrogen-bond acceptors (Lipinski definition) is 2. The molecule has 106 valence electrons. The number of nitrogens with one attached hydrogen (secondary N) is 1. The van der Waals surface area contributed by atoms with Crippen molar-refractivity contribution in [2.75, 3.05) is 7.05 Å². The molecule has 0 saturated heterocycles. The highest BCUT2D eigenvalue weighted by atomic mass is 79.9. The lowest BCUT2D eigenvalue weighted by Crippen LogP contribution is -2.12. The van der Waals surface area contributed by atoms with Gasteiger partial charge < -0.3 is 10.1 Å². The van der Waals surface area contributed by atoms with Crippen LogP contribution in [0.2, 0.25) is 10.0 Å². The number of hydrogen-bond donors (Lipinski definition) is 1. The van der Waals surface area contributed by atoms with Crippen LogP contribution >= 0.6 is 39.1 Å². The van der Waals surface area contributed by atoms with Gasteiger partial charge in [-0.15, -0.1) is 0 Å². The monoisotopic (exact) mass is 373 g/mol. The average Bonchev–Trinajstić information content (AvgIpc) is 2.41. The number of benzene rings is 2. The van der Waals surface area contributed by atoms with Crippen molar-refractivity contribution in [2.45, 2.75) is 13.0 Å². The zero-order valence-electron chi connectivity index (χ0n) is 11.1. The molecular formula is C15H14BrCl2NO. The van der Waals surface area contributed by atoms with Crippen molar-refractivity contribution < 1.29 is 4.74 Å². The summed E-state index contributed by atoms with van der Waals surface area (Å²) in [5.41, 5.74) is 1.17. The van der Waals surface area contributed by atoms with Crippen molar-refractivity contribution in [2.24, 2.45) is 0 Å². The maximum Gasteiger partial charge on any atom is 0.146 e. The summed E-state index contributed by atoms with van der Waals surface area (Å²) in [6, 6.07) is 11.3. The van der Waals surface area contributed by atoms with Crippen LogP contribution in [0, 0.1) is 0 Å². The maximum absolute atomic E-state index is 6.09. The van der Waals surface area contributed by atoms with Crippen molar-refractivity contribution in [1.29, 1.82) is 0 Å². The predicted octanol–water partition coefficient (Wildman–Crippen LogP) is 5.83. The first-order valence-electron chi connectivity index (χ1n) is 6.11. The van der Waals surface area contributed by atoms with E-state index < -0.39 is 0 Å². The molecule has 0 radical (unpaired) electrons. The molecule has 0 aromatic heterocycles. The molecule has 2 aromatic rings. The second-order valence-electron chi connectivity index (χ2n) is 4.37. The largest absolute Gasteiger partial charge is 0.456 e. The number of ether oxygens (including phenoxy) is 1. The molecule has 0 aliphatic heterocycles. The van der Waals surface area contributed by atoms with Gasteiger partial charge in [-0.05, 0) is 49.9 Å². The Balaban J connectivity index is 2.24. The zero-order valence-corrected chi connectivity index (χ0v) is 14.2. The standard InChI is InChI=1S/C15H14BrCl2NO/c1-9(19-2)12-5-4-11(8-13(12)16)20-15-6-3-10(17)7-14(15)18/h3-9,19H,1-2H3. The summed E-state index contributed by atoms with van der Waals surface area (Å²) in [5, 5.41) is 4.27. The summed E-state index contributed by atoms with van der Waals surface area (Å²) in [6.07, 6.45) is 0. The van der Waals surface area contributed by atoms with Crippen molar-refractivity contribution >= 4 is 39.1 Å². The van der Waals surface area contributed by atoms with E-state index in [2.05, 4.69) is 28.2 Å². The van der Waals surface area contributed by atoms with Crippen LogP contribution in [0.15, 0.2) is 40.9 Å². The van der Waals surface area contributed by atoms with Gasteiger partial charge >= 0.3 is 0 Å². The van der Waals surface area contributed by atoms with Crippen LogP contribution in [0.5, 0.6) is 11.5 Å². The Labute approximate surface area is 137 Å². The molecule has 5 heteroatoms. The SMILES string of the molecule is CNC(C)c1ccc(Oc2ccc(Cl)cc2Cl)cc1Br. The third-order valence-corrected chi connectivity index (χ3v) is 4.21. The molecule has 2 aromatic carbocycles. The van der Waals surface area contributed by atoms with Crippen molar-refractivity contribution in [3.63, 3.8) is 0 Å². The molecule has 0 aliphatic rings. The van der Waals surface area contributed by atoms with E-state index >= 15 is 0 Å². The first kappa shape index (κ1) is 15.6. The molecule has 20 heavy (non-hydrogen) atoms. The van der Waals surface area contributed by atoms with Gasteiger partial charge in [-0.1, -0.05) is 45.2 Å². The molecule has 0 amide bonds. The first-order valence-corrected chi connectivity index (χ1v) is 7.65. The van der Waals surface area contributed by atoms with E-state index in [4.69, 9.17) is 27.9 Å². The molecule has 0 saturated carbocycles. The van der Waals surface area contributed by atoms with Gasteiger partial charge in [0.15, 0.2) is 0 Å². The van der Waals surface area contributed by atoms with E-state index in [1.54, 1.807) is 18.2 Å². The third kappa shape index (κ3) is 3.67. The van der Waals surface area contributed by atoms with Crippen LogP contribution < -0.4 is 10.1 Å². The lowest BCUT2D eigenvalue weighted by Gasteiger charge is -2.14. The molecule has 0 heterocycles. The average molecular weight is 375 g/mol. The van der Waals surface area contributed by atoms with Crippen LogP contribution in [-0.2, 0) is 0 Å². The van der Waals surface area contributed by atoms with Crippen molar-refractivity contribution in [3.05, 3.63) is 56.5 Å². The molecule has 2 rings (SSSR count). The van der Waals surface area contributed by atoms with Gasteiger partial charge in [-0.25, -0.2) is 0 Å². The minimum atomic E-state index is 0.262. The fraction of sp³-hybridized carbons (Fsp3) is 0.200. The molecule has 0 spiro atoms. The second-order valence-corrected chi connectivity index (χ2v) is 6.07. The van der Waals surface area contributed by atoms with Gasteiger partial charge in [0, 0.05) is 15.5 Å². The summed E-state index contributed by atoms with van der Waals surface area (Å²) in [5.74, 6) is 1.30. The maximum atomic E-state index is 6.09. The smallest absolute Gasteiger partial charge is 0.146 e. The van der Waals surface area contributed by atoms with Crippen LogP contribution in [-0.4, -0.2) is 7.05 Å². The van der Waals surface area contributed by atoms with E-state index in [1.807, 2.05) is 25.2 Å².